The van der Waals surface area contributed by atoms with E-state index in [2.05, 4.69) is 9.97 Å². The van der Waals surface area contributed by atoms with Crippen molar-refractivity contribution < 1.29 is 14.3 Å². The van der Waals surface area contributed by atoms with Gasteiger partial charge in [-0.3, -0.25) is 4.79 Å². The zero-order chi connectivity index (χ0) is 18.1. The maximum absolute atomic E-state index is 12.0. The van der Waals surface area contributed by atoms with Crippen LogP contribution in [0.2, 0.25) is 0 Å². The van der Waals surface area contributed by atoms with Crippen LogP contribution in [0, 0.1) is 6.92 Å². The highest BCUT2D eigenvalue weighted by atomic mass is 16.5. The average molecular weight is 340 g/mol. The molecule has 0 radical (unpaired) electrons. The Bertz CT molecular complexity index is 970. The largest absolute Gasteiger partial charge is 0.501 e. The molecule has 0 fully saturated rings. The number of imidazole rings is 1. The lowest BCUT2D eigenvalue weighted by Gasteiger charge is -2.06. The quantitative estimate of drug-likeness (QED) is 0.753. The van der Waals surface area contributed by atoms with E-state index < -0.39 is 11.2 Å². The van der Waals surface area contributed by atoms with E-state index in [4.69, 9.17) is 9.15 Å². The second-order valence-corrected chi connectivity index (χ2v) is 6.13. The molecule has 1 aromatic carbocycles. The van der Waals surface area contributed by atoms with Crippen LogP contribution in [0.5, 0.6) is 11.5 Å². The van der Waals surface area contributed by atoms with E-state index in [0.29, 0.717) is 22.9 Å². The standard InChI is InChI=1S/C19H20N2O4/c1-10(2)19-20-15(12-6-5-7-13(9-12)24-4)16(21-19)18-17(23)14(22)8-11(3)25-18/h5-10,23H,1-4H3,(H,20,21). The first kappa shape index (κ1) is 16.8. The number of hydrogen-bond donors (Lipinski definition) is 2. The Balaban J connectivity index is 2.28. The van der Waals surface area contributed by atoms with E-state index >= 15 is 0 Å². The summed E-state index contributed by atoms with van der Waals surface area (Å²) in [5.41, 5.74) is 1.36. The van der Waals surface area contributed by atoms with Crippen molar-refractivity contribution in [1.82, 2.24) is 9.97 Å². The van der Waals surface area contributed by atoms with E-state index in [0.717, 1.165) is 11.4 Å². The Hall–Kier alpha value is -3.02. The molecule has 6 heteroatoms. The lowest BCUT2D eigenvalue weighted by molar-refractivity contribution is 0.415. The van der Waals surface area contributed by atoms with Crippen molar-refractivity contribution in [3.63, 3.8) is 0 Å². The third kappa shape index (κ3) is 3.15. The molecule has 3 rings (SSSR count). The summed E-state index contributed by atoms with van der Waals surface area (Å²) in [6.07, 6.45) is 0. The van der Waals surface area contributed by atoms with Crippen molar-refractivity contribution in [2.45, 2.75) is 26.7 Å². The Morgan fingerprint density at radius 2 is 2.04 bits per heavy atom. The number of rotatable bonds is 4. The van der Waals surface area contributed by atoms with E-state index in [1.807, 2.05) is 38.1 Å². The zero-order valence-electron chi connectivity index (χ0n) is 14.6. The molecule has 0 unspecified atom stereocenters. The number of benzene rings is 1. The Morgan fingerprint density at radius 1 is 1.28 bits per heavy atom. The highest BCUT2D eigenvalue weighted by molar-refractivity contribution is 5.79. The van der Waals surface area contributed by atoms with Crippen LogP contribution in [-0.2, 0) is 0 Å². The predicted molar refractivity (Wildman–Crippen MR) is 95.0 cm³/mol. The fourth-order valence-electron chi connectivity index (χ4n) is 2.58. The second kappa shape index (κ2) is 6.47. The summed E-state index contributed by atoms with van der Waals surface area (Å²) in [6.45, 7) is 5.67. The molecule has 0 saturated heterocycles. The summed E-state index contributed by atoms with van der Waals surface area (Å²) >= 11 is 0. The molecule has 2 aromatic heterocycles. The van der Waals surface area contributed by atoms with Gasteiger partial charge in [0.2, 0.25) is 11.2 Å². The summed E-state index contributed by atoms with van der Waals surface area (Å²) in [5, 5.41) is 10.2. The first-order valence-electron chi connectivity index (χ1n) is 7.99. The molecule has 2 N–H and O–H groups in total. The fourth-order valence-corrected chi connectivity index (χ4v) is 2.58. The van der Waals surface area contributed by atoms with Crippen LogP contribution < -0.4 is 10.2 Å². The van der Waals surface area contributed by atoms with Crippen LogP contribution in [0.1, 0.15) is 31.4 Å². The molecule has 0 aliphatic heterocycles. The van der Waals surface area contributed by atoms with Gasteiger partial charge >= 0.3 is 0 Å². The van der Waals surface area contributed by atoms with E-state index in [1.165, 1.54) is 6.07 Å². The number of methoxy groups -OCH3 is 1. The van der Waals surface area contributed by atoms with Gasteiger partial charge in [0, 0.05) is 17.5 Å². The van der Waals surface area contributed by atoms with Crippen molar-refractivity contribution in [2.75, 3.05) is 7.11 Å². The zero-order valence-corrected chi connectivity index (χ0v) is 14.6. The number of nitrogens with zero attached hydrogens (tertiary/aromatic N) is 1. The SMILES string of the molecule is COc1cccc(-c2nc(C(C)C)[nH]c2-c2oc(C)cc(=O)c2O)c1. The number of aromatic amines is 1. The monoisotopic (exact) mass is 340 g/mol. The van der Waals surface area contributed by atoms with E-state index in [9.17, 15) is 9.90 Å². The van der Waals surface area contributed by atoms with Crippen LogP contribution in [0.3, 0.4) is 0 Å². The highest BCUT2D eigenvalue weighted by Gasteiger charge is 2.22. The lowest BCUT2D eigenvalue weighted by atomic mass is 10.1. The molecule has 3 aromatic rings. The normalized spacial score (nSPS) is 11.1. The van der Waals surface area contributed by atoms with Gasteiger partial charge in [0.25, 0.3) is 0 Å². The first-order valence-corrected chi connectivity index (χ1v) is 7.99. The third-order valence-corrected chi connectivity index (χ3v) is 3.89. The summed E-state index contributed by atoms with van der Waals surface area (Å²) < 4.78 is 10.9. The Morgan fingerprint density at radius 3 is 2.72 bits per heavy atom. The predicted octanol–water partition coefficient (Wildman–Crippen LogP) is 3.84. The van der Waals surface area contributed by atoms with E-state index in [-0.39, 0.29) is 11.7 Å². The molecule has 130 valence electrons. The van der Waals surface area contributed by atoms with Gasteiger partial charge in [-0.25, -0.2) is 4.98 Å². The first-order chi connectivity index (χ1) is 11.9. The Labute approximate surface area is 145 Å². The number of ether oxygens (including phenoxy) is 1. The number of aromatic nitrogens is 2. The second-order valence-electron chi connectivity index (χ2n) is 6.13. The number of nitrogens with one attached hydrogen (secondary N) is 1. The third-order valence-electron chi connectivity index (χ3n) is 3.89. The molecular weight excluding hydrogens is 320 g/mol. The molecule has 0 aliphatic rings. The topological polar surface area (TPSA) is 88.4 Å². The van der Waals surface area contributed by atoms with Crippen LogP contribution >= 0.6 is 0 Å². The number of H-pyrrole nitrogens is 1. The van der Waals surface area contributed by atoms with Crippen LogP contribution in [-0.4, -0.2) is 22.2 Å². The molecule has 0 bridgehead atoms. The number of aryl methyl sites for hydroxylation is 1. The van der Waals surface area contributed by atoms with Crippen molar-refractivity contribution in [1.29, 1.82) is 0 Å². The smallest absolute Gasteiger partial charge is 0.227 e. The van der Waals surface area contributed by atoms with Gasteiger partial charge in [-0.15, -0.1) is 0 Å². The molecule has 25 heavy (non-hydrogen) atoms. The number of hydrogen-bond acceptors (Lipinski definition) is 5. The molecule has 0 atom stereocenters. The molecule has 0 amide bonds. The van der Waals surface area contributed by atoms with Crippen LogP contribution in [0.25, 0.3) is 22.7 Å². The van der Waals surface area contributed by atoms with Gasteiger partial charge in [0.1, 0.15) is 23.0 Å². The number of aromatic hydroxyl groups is 1. The van der Waals surface area contributed by atoms with Gasteiger partial charge in [0.15, 0.2) is 5.76 Å². The van der Waals surface area contributed by atoms with Crippen molar-refractivity contribution in [2.24, 2.45) is 0 Å². The molecule has 0 aliphatic carbocycles. The molecular formula is C19H20N2O4. The minimum atomic E-state index is -0.490. The molecule has 0 spiro atoms. The van der Waals surface area contributed by atoms with Gasteiger partial charge in [-0.05, 0) is 19.1 Å². The van der Waals surface area contributed by atoms with Crippen molar-refractivity contribution >= 4 is 0 Å². The lowest BCUT2D eigenvalue weighted by Crippen LogP contribution is -2.01. The van der Waals surface area contributed by atoms with Crippen molar-refractivity contribution in [3.8, 4) is 34.2 Å². The van der Waals surface area contributed by atoms with E-state index in [1.54, 1.807) is 14.0 Å². The minimum absolute atomic E-state index is 0.0854. The van der Waals surface area contributed by atoms with Crippen molar-refractivity contribution in [3.05, 3.63) is 52.1 Å². The maximum atomic E-state index is 12.0. The van der Waals surface area contributed by atoms with Gasteiger partial charge < -0.3 is 19.2 Å². The summed E-state index contributed by atoms with van der Waals surface area (Å²) in [6, 6.07) is 8.67. The minimum Gasteiger partial charge on any atom is -0.501 e. The summed E-state index contributed by atoms with van der Waals surface area (Å²) in [7, 11) is 1.59. The average Bonchev–Trinajstić information content (AvgIpc) is 3.03. The van der Waals surface area contributed by atoms with Crippen LogP contribution in [0.15, 0.2) is 39.5 Å². The molecule has 0 saturated carbocycles. The molecule has 2 heterocycles. The maximum Gasteiger partial charge on any atom is 0.227 e. The van der Waals surface area contributed by atoms with Gasteiger partial charge in [-0.1, -0.05) is 26.0 Å². The van der Waals surface area contributed by atoms with Gasteiger partial charge in [0.05, 0.1) is 12.8 Å². The summed E-state index contributed by atoms with van der Waals surface area (Å²) in [4.78, 5) is 19.8. The van der Waals surface area contributed by atoms with Gasteiger partial charge in [-0.2, -0.15) is 0 Å². The summed E-state index contributed by atoms with van der Waals surface area (Å²) in [5.74, 6) is 1.62. The van der Waals surface area contributed by atoms with Crippen LogP contribution in [0.4, 0.5) is 0 Å². The highest BCUT2D eigenvalue weighted by Crippen LogP contribution is 2.36. The Kier molecular flexibility index (Phi) is 4.35. The molecule has 6 nitrogen and oxygen atoms in total. The fraction of sp³-hybridized carbons (Fsp3) is 0.263.